The lowest BCUT2D eigenvalue weighted by Crippen LogP contribution is -1.86. The van der Waals surface area contributed by atoms with E-state index in [0.29, 0.717) is 0 Å². The third-order valence-electron chi connectivity index (χ3n) is 3.21. The molecule has 0 saturated carbocycles. The standard InChI is InChI=1S/C12H12.C3H6O2/c1-2-5-9(6-3-1)12-10-7-4-8-11(10)12;1-2-3(4)5/h4-5,7-8H,1-3,6H2;2H2,1H3,(H,4,5). The van der Waals surface area contributed by atoms with Gasteiger partial charge in [-0.1, -0.05) is 31.2 Å². The molecule has 0 bridgehead atoms. The lowest BCUT2D eigenvalue weighted by molar-refractivity contribution is -0.136. The smallest absolute Gasteiger partial charge is 0.303 e. The van der Waals surface area contributed by atoms with E-state index in [1.165, 1.54) is 36.8 Å². The van der Waals surface area contributed by atoms with Crippen molar-refractivity contribution >= 4 is 11.5 Å². The maximum absolute atomic E-state index is 9.37. The number of carbonyl (C=O) groups is 1. The monoisotopic (exact) mass is 230 g/mol. The molecule has 90 valence electrons. The molecule has 3 aliphatic rings. The summed E-state index contributed by atoms with van der Waals surface area (Å²) in [5, 5.41) is 7.72. The first-order chi connectivity index (χ1) is 8.24. The average molecular weight is 230 g/mol. The van der Waals surface area contributed by atoms with Crippen molar-refractivity contribution < 1.29 is 9.90 Å². The van der Waals surface area contributed by atoms with Crippen LogP contribution in [0.2, 0.25) is 0 Å². The molecule has 0 fully saturated rings. The molecule has 0 aromatic rings. The first-order valence-electron chi connectivity index (χ1n) is 6.28. The summed E-state index contributed by atoms with van der Waals surface area (Å²) in [6.45, 7) is 1.60. The molecule has 3 aliphatic carbocycles. The number of allylic oxidation sites excluding steroid dienone is 2. The first-order valence-corrected chi connectivity index (χ1v) is 6.28. The molecule has 0 unspecified atom stereocenters. The zero-order chi connectivity index (χ0) is 12.3. The normalized spacial score (nSPS) is 15.5. The fourth-order valence-corrected chi connectivity index (χ4v) is 2.22. The second kappa shape index (κ2) is 5.17. The summed E-state index contributed by atoms with van der Waals surface area (Å²) in [5.41, 5.74) is 6.23. The summed E-state index contributed by atoms with van der Waals surface area (Å²) >= 11 is 0. The van der Waals surface area contributed by atoms with Gasteiger partial charge in [0, 0.05) is 6.42 Å². The molecule has 1 N–H and O–H groups in total. The minimum Gasteiger partial charge on any atom is -0.481 e. The van der Waals surface area contributed by atoms with E-state index in [9.17, 15) is 4.79 Å². The van der Waals surface area contributed by atoms with Gasteiger partial charge in [-0.3, -0.25) is 4.79 Å². The number of benzene rings is 1. The Morgan fingerprint density at radius 3 is 2.41 bits per heavy atom. The summed E-state index contributed by atoms with van der Waals surface area (Å²) in [4.78, 5) is 9.37. The van der Waals surface area contributed by atoms with Crippen LogP contribution in [0.1, 0.15) is 44.6 Å². The van der Waals surface area contributed by atoms with Crippen molar-refractivity contribution in [3.63, 3.8) is 0 Å². The van der Waals surface area contributed by atoms with Gasteiger partial charge in [0.25, 0.3) is 0 Å². The molecular weight excluding hydrogens is 212 g/mol. The molecule has 2 nitrogen and oxygen atoms in total. The first kappa shape index (κ1) is 11.9. The Labute approximate surface area is 102 Å². The van der Waals surface area contributed by atoms with Crippen molar-refractivity contribution in [1.82, 2.24) is 0 Å². The largest absolute Gasteiger partial charge is 0.481 e. The van der Waals surface area contributed by atoms with Gasteiger partial charge in [-0.15, -0.1) is 0 Å². The van der Waals surface area contributed by atoms with Gasteiger partial charge in [-0.25, -0.2) is 0 Å². The molecule has 0 amide bonds. The SMILES string of the molecule is C1=C(c2c3cccc2-3)CCCC1.CCC(=O)O. The highest BCUT2D eigenvalue weighted by molar-refractivity contribution is 6.02. The lowest BCUT2D eigenvalue weighted by Gasteiger charge is -2.07. The molecule has 0 saturated heterocycles. The predicted molar refractivity (Wildman–Crippen MR) is 69.8 cm³/mol. The van der Waals surface area contributed by atoms with Gasteiger partial charge in [0.2, 0.25) is 0 Å². The zero-order valence-corrected chi connectivity index (χ0v) is 10.2. The molecule has 0 atom stereocenters. The summed E-state index contributed by atoms with van der Waals surface area (Å²) < 4.78 is 0. The molecule has 0 aromatic heterocycles. The number of hydrogen-bond acceptors (Lipinski definition) is 1. The van der Waals surface area contributed by atoms with Crippen molar-refractivity contribution in [1.29, 1.82) is 0 Å². The molecule has 0 aromatic carbocycles. The van der Waals surface area contributed by atoms with Crippen molar-refractivity contribution in [2.75, 3.05) is 0 Å². The second-order valence-corrected chi connectivity index (χ2v) is 4.45. The van der Waals surface area contributed by atoms with Crippen molar-refractivity contribution in [3.8, 4) is 11.1 Å². The van der Waals surface area contributed by atoms with E-state index >= 15 is 0 Å². The molecule has 0 radical (unpaired) electrons. The number of carboxylic acids is 1. The predicted octanol–water partition coefficient (Wildman–Crippen LogP) is 4.11. The van der Waals surface area contributed by atoms with E-state index in [-0.39, 0.29) is 6.42 Å². The Balaban J connectivity index is 0.000000188. The van der Waals surface area contributed by atoms with Gasteiger partial charge in [-0.2, -0.15) is 0 Å². The van der Waals surface area contributed by atoms with Crippen LogP contribution < -0.4 is 0 Å². The van der Waals surface area contributed by atoms with Crippen LogP contribution in [-0.2, 0) is 4.79 Å². The molecule has 17 heavy (non-hydrogen) atoms. The van der Waals surface area contributed by atoms with E-state index in [2.05, 4.69) is 24.3 Å². The van der Waals surface area contributed by atoms with Crippen LogP contribution in [0.15, 0.2) is 24.3 Å². The number of carboxylic acid groups (broad SMARTS) is 1. The Bertz CT molecular complexity index is 438. The Hall–Kier alpha value is -1.57. The van der Waals surface area contributed by atoms with E-state index in [0.717, 1.165) is 0 Å². The summed E-state index contributed by atoms with van der Waals surface area (Å²) in [6, 6.07) is 6.62. The highest BCUT2D eigenvalue weighted by Crippen LogP contribution is 2.49. The van der Waals surface area contributed by atoms with Crippen molar-refractivity contribution in [2.45, 2.75) is 39.0 Å². The highest BCUT2D eigenvalue weighted by Gasteiger charge is 2.26. The van der Waals surface area contributed by atoms with Crippen molar-refractivity contribution in [2.24, 2.45) is 0 Å². The third-order valence-corrected chi connectivity index (χ3v) is 3.21. The molecular formula is C15H18O2. The van der Waals surface area contributed by atoms with Gasteiger partial charge in [0.1, 0.15) is 0 Å². The third kappa shape index (κ3) is 2.76. The lowest BCUT2D eigenvalue weighted by atomic mass is 9.98. The highest BCUT2D eigenvalue weighted by atomic mass is 16.4. The van der Waals surface area contributed by atoms with Crippen molar-refractivity contribution in [3.05, 3.63) is 29.8 Å². The van der Waals surface area contributed by atoms with E-state index in [4.69, 9.17) is 5.11 Å². The van der Waals surface area contributed by atoms with Gasteiger partial charge in [-0.05, 0) is 47.9 Å². The average Bonchev–Trinajstić information content (AvgIpc) is 2.84. The number of fused-ring (bicyclic) bond motifs is 1. The Morgan fingerprint density at radius 2 is 1.94 bits per heavy atom. The maximum atomic E-state index is 9.37. The minimum absolute atomic E-state index is 0.222. The molecule has 0 spiro atoms. The van der Waals surface area contributed by atoms with Gasteiger partial charge >= 0.3 is 5.97 Å². The molecule has 2 heteroatoms. The zero-order valence-electron chi connectivity index (χ0n) is 10.2. The van der Waals surface area contributed by atoms with E-state index in [1.54, 1.807) is 18.1 Å². The van der Waals surface area contributed by atoms with Crippen LogP contribution in [0, 0.1) is 0 Å². The van der Waals surface area contributed by atoms with Crippen LogP contribution >= 0.6 is 0 Å². The topological polar surface area (TPSA) is 37.3 Å². The summed E-state index contributed by atoms with van der Waals surface area (Å²) in [5.74, 6) is -0.745. The van der Waals surface area contributed by atoms with E-state index in [1.807, 2.05) is 0 Å². The van der Waals surface area contributed by atoms with E-state index < -0.39 is 5.97 Å². The summed E-state index contributed by atoms with van der Waals surface area (Å²) in [6.07, 6.45) is 8.03. The minimum atomic E-state index is -0.745. The Morgan fingerprint density at radius 1 is 1.29 bits per heavy atom. The maximum Gasteiger partial charge on any atom is 0.303 e. The quantitative estimate of drug-likeness (QED) is 0.843. The van der Waals surface area contributed by atoms with Crippen LogP contribution in [-0.4, -0.2) is 11.1 Å². The molecule has 3 rings (SSSR count). The van der Waals surface area contributed by atoms with Crippen LogP contribution in [0.5, 0.6) is 0 Å². The van der Waals surface area contributed by atoms with Gasteiger partial charge < -0.3 is 5.11 Å². The van der Waals surface area contributed by atoms with Gasteiger partial charge in [0.05, 0.1) is 0 Å². The fourth-order valence-electron chi connectivity index (χ4n) is 2.22. The number of rotatable bonds is 2. The fraction of sp³-hybridized carbons (Fsp3) is 0.400. The Kier molecular flexibility index (Phi) is 3.62. The number of aliphatic carboxylic acids is 1. The van der Waals surface area contributed by atoms with Crippen LogP contribution in [0.25, 0.3) is 16.7 Å². The molecule has 0 aliphatic heterocycles. The summed E-state index contributed by atoms with van der Waals surface area (Å²) in [7, 11) is 0. The second-order valence-electron chi connectivity index (χ2n) is 4.45. The molecule has 0 heterocycles. The number of hydrogen-bond donors (Lipinski definition) is 1. The van der Waals surface area contributed by atoms with Crippen LogP contribution in [0.3, 0.4) is 0 Å². The van der Waals surface area contributed by atoms with Crippen LogP contribution in [0.4, 0.5) is 0 Å². The van der Waals surface area contributed by atoms with Gasteiger partial charge in [0.15, 0.2) is 0 Å².